The molecule has 1 aromatic heterocycles. The predicted octanol–water partition coefficient (Wildman–Crippen LogP) is 4.54. The highest BCUT2D eigenvalue weighted by atomic mass is 19.4. The van der Waals surface area contributed by atoms with Crippen molar-refractivity contribution in [1.82, 2.24) is 5.32 Å². The Morgan fingerprint density at radius 1 is 1.16 bits per heavy atom. The van der Waals surface area contributed by atoms with Gasteiger partial charge in [-0.2, -0.15) is 13.2 Å². The highest BCUT2D eigenvalue weighted by Crippen LogP contribution is 2.41. The molecule has 0 saturated carbocycles. The van der Waals surface area contributed by atoms with Gasteiger partial charge in [0.25, 0.3) is 5.95 Å². The van der Waals surface area contributed by atoms with E-state index in [1.165, 1.54) is 37.4 Å². The van der Waals surface area contributed by atoms with Crippen LogP contribution in [-0.2, 0) is 6.18 Å². The predicted molar refractivity (Wildman–Crippen MR) is 83.4 cm³/mol. The number of amides is 1. The van der Waals surface area contributed by atoms with Gasteiger partial charge >= 0.3 is 12.3 Å². The molecule has 3 rings (SSSR count). The van der Waals surface area contributed by atoms with E-state index in [9.17, 15) is 23.1 Å². The van der Waals surface area contributed by atoms with Gasteiger partial charge in [0.1, 0.15) is 5.75 Å². The molecule has 0 atom stereocenters. The Hall–Kier alpha value is -3.16. The van der Waals surface area contributed by atoms with Gasteiger partial charge in [0.05, 0.1) is 5.56 Å². The van der Waals surface area contributed by atoms with Crippen molar-refractivity contribution >= 4 is 17.1 Å². The van der Waals surface area contributed by atoms with E-state index in [-0.39, 0.29) is 22.6 Å². The van der Waals surface area contributed by atoms with Crippen molar-refractivity contribution in [2.45, 2.75) is 6.18 Å². The zero-order valence-corrected chi connectivity index (χ0v) is 12.8. The number of phenolic OH excluding ortho intramolecular Hbond substituents is 1. The monoisotopic (exact) mass is 351 g/mol. The molecule has 1 amide bonds. The lowest BCUT2D eigenvalue weighted by molar-refractivity contribution is -0.136. The van der Waals surface area contributed by atoms with Gasteiger partial charge < -0.3 is 19.6 Å². The Balaban J connectivity index is 2.19. The summed E-state index contributed by atoms with van der Waals surface area (Å²) in [5.41, 5.74) is -0.796. The van der Waals surface area contributed by atoms with E-state index in [0.29, 0.717) is 5.56 Å². The quantitative estimate of drug-likeness (QED) is 0.711. The fraction of sp³-hybridized carbons (Fsp3) is 0.118. The molecule has 25 heavy (non-hydrogen) atoms. The maximum atomic E-state index is 13.4. The Kier molecular flexibility index (Phi) is 4.03. The first-order valence-corrected chi connectivity index (χ1v) is 7.11. The van der Waals surface area contributed by atoms with Crippen LogP contribution in [0.2, 0.25) is 0 Å². The number of rotatable bonds is 2. The van der Waals surface area contributed by atoms with Crippen molar-refractivity contribution in [2.75, 3.05) is 7.05 Å². The maximum absolute atomic E-state index is 13.4. The van der Waals surface area contributed by atoms with E-state index in [1.807, 2.05) is 0 Å². The summed E-state index contributed by atoms with van der Waals surface area (Å²) < 4.78 is 50.0. The zero-order chi connectivity index (χ0) is 18.2. The lowest BCUT2D eigenvalue weighted by atomic mass is 10.0. The molecular formula is C17H12F3NO4. The van der Waals surface area contributed by atoms with E-state index in [0.717, 1.165) is 6.07 Å². The minimum atomic E-state index is -4.67. The second-order valence-corrected chi connectivity index (χ2v) is 5.20. The van der Waals surface area contributed by atoms with Crippen LogP contribution in [0.1, 0.15) is 5.56 Å². The van der Waals surface area contributed by atoms with Crippen LogP contribution in [0.4, 0.5) is 18.0 Å². The van der Waals surface area contributed by atoms with Gasteiger partial charge in [-0.25, -0.2) is 4.79 Å². The van der Waals surface area contributed by atoms with E-state index in [4.69, 9.17) is 9.15 Å². The summed E-state index contributed by atoms with van der Waals surface area (Å²) in [6.07, 6.45) is -5.53. The summed E-state index contributed by atoms with van der Waals surface area (Å²) in [7, 11) is 1.31. The summed E-state index contributed by atoms with van der Waals surface area (Å²) in [4.78, 5) is 11.2. The molecule has 5 nitrogen and oxygen atoms in total. The van der Waals surface area contributed by atoms with Crippen LogP contribution in [0.5, 0.6) is 11.7 Å². The third kappa shape index (κ3) is 3.37. The van der Waals surface area contributed by atoms with Crippen LogP contribution in [0.15, 0.2) is 46.9 Å². The molecule has 8 heteroatoms. The number of furan rings is 1. The van der Waals surface area contributed by atoms with E-state index >= 15 is 0 Å². The number of hydrogen-bond donors (Lipinski definition) is 2. The van der Waals surface area contributed by atoms with Crippen molar-refractivity contribution in [3.63, 3.8) is 0 Å². The average molecular weight is 351 g/mol. The minimum Gasteiger partial charge on any atom is -0.508 e. The molecule has 0 spiro atoms. The number of aromatic hydroxyl groups is 1. The smallest absolute Gasteiger partial charge is 0.420 e. The molecule has 2 N–H and O–H groups in total. The number of carbonyl (C=O) groups excluding carboxylic acids is 1. The fourth-order valence-electron chi connectivity index (χ4n) is 2.38. The number of phenols is 1. The standard InChI is InChI=1S/C17H12F3NO4/c1-21-16(23)25-14-8-11-5-10(9-3-2-4-12(22)6-9)7-13(15(11)24-14)17(18,19)20/h2-8,22H,1H3,(H,21,23). The molecule has 0 bridgehead atoms. The Bertz CT molecular complexity index is 947. The SMILES string of the molecule is CNC(=O)Oc1cc2cc(-c3cccc(O)c3)cc(C(F)(F)F)c2o1. The number of benzene rings is 2. The van der Waals surface area contributed by atoms with Gasteiger partial charge in [0, 0.05) is 18.5 Å². The van der Waals surface area contributed by atoms with E-state index in [1.54, 1.807) is 6.07 Å². The minimum absolute atomic E-state index is 0.0676. The maximum Gasteiger partial charge on any atom is 0.420 e. The first-order valence-electron chi connectivity index (χ1n) is 7.11. The van der Waals surface area contributed by atoms with Gasteiger partial charge in [-0.15, -0.1) is 0 Å². The number of alkyl halides is 3. The second-order valence-electron chi connectivity index (χ2n) is 5.20. The molecule has 2 aromatic carbocycles. The molecule has 130 valence electrons. The van der Waals surface area contributed by atoms with Gasteiger partial charge in [0.2, 0.25) is 0 Å². The summed E-state index contributed by atoms with van der Waals surface area (Å²) in [6, 6.07) is 9.44. The first kappa shape index (κ1) is 16.7. The molecule has 0 aliphatic carbocycles. The van der Waals surface area contributed by atoms with Crippen LogP contribution in [0.25, 0.3) is 22.1 Å². The highest BCUT2D eigenvalue weighted by molar-refractivity contribution is 5.88. The number of halogens is 3. The van der Waals surface area contributed by atoms with Crippen molar-refractivity contribution in [1.29, 1.82) is 0 Å². The molecule has 0 aliphatic rings. The van der Waals surface area contributed by atoms with Crippen LogP contribution in [0, 0.1) is 0 Å². The van der Waals surface area contributed by atoms with Crippen molar-refractivity contribution in [3.05, 3.63) is 48.0 Å². The Morgan fingerprint density at radius 3 is 2.56 bits per heavy atom. The topological polar surface area (TPSA) is 71.7 Å². The van der Waals surface area contributed by atoms with Crippen LogP contribution >= 0.6 is 0 Å². The molecular weight excluding hydrogens is 339 g/mol. The van der Waals surface area contributed by atoms with Crippen molar-refractivity contribution in [3.8, 4) is 22.8 Å². The third-order valence-electron chi connectivity index (χ3n) is 3.48. The summed E-state index contributed by atoms with van der Waals surface area (Å²) in [5.74, 6) is -0.421. The number of carbonyl (C=O) groups is 1. The van der Waals surface area contributed by atoms with E-state index < -0.39 is 23.4 Å². The number of nitrogens with one attached hydrogen (secondary N) is 1. The lowest BCUT2D eigenvalue weighted by Crippen LogP contribution is -2.21. The van der Waals surface area contributed by atoms with Crippen LogP contribution in [-0.4, -0.2) is 18.2 Å². The van der Waals surface area contributed by atoms with Crippen molar-refractivity contribution < 1.29 is 32.2 Å². The van der Waals surface area contributed by atoms with Gasteiger partial charge in [-0.05, 0) is 35.4 Å². The molecule has 3 aromatic rings. The number of fused-ring (bicyclic) bond motifs is 1. The molecule has 0 saturated heterocycles. The molecule has 0 unspecified atom stereocenters. The van der Waals surface area contributed by atoms with Crippen LogP contribution < -0.4 is 10.1 Å². The van der Waals surface area contributed by atoms with Gasteiger partial charge in [0.15, 0.2) is 5.58 Å². The Labute approximate surface area is 139 Å². The second kappa shape index (κ2) is 6.04. The number of ether oxygens (including phenoxy) is 1. The third-order valence-corrected chi connectivity index (χ3v) is 3.48. The molecule has 1 heterocycles. The summed E-state index contributed by atoms with van der Waals surface area (Å²) in [5, 5.41) is 11.8. The summed E-state index contributed by atoms with van der Waals surface area (Å²) in [6.45, 7) is 0. The van der Waals surface area contributed by atoms with Crippen molar-refractivity contribution in [2.24, 2.45) is 0 Å². The number of hydrogen-bond acceptors (Lipinski definition) is 4. The Morgan fingerprint density at radius 2 is 1.92 bits per heavy atom. The largest absolute Gasteiger partial charge is 0.508 e. The molecule has 0 radical (unpaired) electrons. The molecule has 0 fully saturated rings. The lowest BCUT2D eigenvalue weighted by Gasteiger charge is -2.10. The fourth-order valence-corrected chi connectivity index (χ4v) is 2.38. The first-order chi connectivity index (χ1) is 11.8. The summed E-state index contributed by atoms with van der Waals surface area (Å²) >= 11 is 0. The normalized spacial score (nSPS) is 11.5. The highest BCUT2D eigenvalue weighted by Gasteiger charge is 2.35. The molecule has 0 aliphatic heterocycles. The van der Waals surface area contributed by atoms with E-state index in [2.05, 4.69) is 5.32 Å². The van der Waals surface area contributed by atoms with Gasteiger partial charge in [-0.3, -0.25) is 0 Å². The van der Waals surface area contributed by atoms with Gasteiger partial charge in [-0.1, -0.05) is 12.1 Å². The average Bonchev–Trinajstić information content (AvgIpc) is 2.94. The zero-order valence-electron chi connectivity index (χ0n) is 12.8. The van der Waals surface area contributed by atoms with Crippen LogP contribution in [0.3, 0.4) is 0 Å².